The molecule has 0 aromatic carbocycles. The third-order valence-corrected chi connectivity index (χ3v) is 0.110. The second-order valence-corrected chi connectivity index (χ2v) is 0.513. The first-order valence-electron chi connectivity index (χ1n) is 0.583. The van der Waals surface area contributed by atoms with Gasteiger partial charge in [0.25, 0.3) is 0 Å². The van der Waals surface area contributed by atoms with Gasteiger partial charge in [0, 0.05) is 0 Å². The van der Waals surface area contributed by atoms with Gasteiger partial charge in [-0.15, -0.1) is 0 Å². The fraction of sp³-hybridized carbons (Fsp3) is 0. The van der Waals surface area contributed by atoms with Crippen molar-refractivity contribution in [1.82, 2.24) is 0 Å². The molecule has 0 aromatic heterocycles. The van der Waals surface area contributed by atoms with E-state index >= 15 is 0 Å². The summed E-state index contributed by atoms with van der Waals surface area (Å²) in [5.74, 6) is 0. The monoisotopic (exact) mass is 78.0 g/mol. The number of hydrogen-bond donors (Lipinski definition) is 1. The van der Waals surface area contributed by atoms with Crippen LogP contribution in [0.3, 0.4) is 0 Å². The van der Waals surface area contributed by atoms with Crippen molar-refractivity contribution in [3.8, 4) is 0 Å². The van der Waals surface area contributed by atoms with E-state index in [1.165, 1.54) is 0 Å². The van der Waals surface area contributed by atoms with E-state index in [-0.39, 0.29) is 0 Å². The van der Waals surface area contributed by atoms with Gasteiger partial charge < -0.3 is 0 Å². The first-order valence-corrected chi connectivity index (χ1v) is 1.35. The second-order valence-electron chi connectivity index (χ2n) is 0.171. The molecule has 4 heteroatoms. The van der Waals surface area contributed by atoms with Crippen molar-refractivity contribution in [2.24, 2.45) is 4.91 Å². The molecule has 0 aliphatic rings. The molecule has 3 nitrogen and oxygen atoms in total. The molecule has 0 bridgehead atoms. The van der Waals surface area contributed by atoms with Gasteiger partial charge in [0.2, 0.25) is 0 Å². The average Bonchev–Trinajstić information content (AvgIpc) is 1.37. The molecule has 0 unspecified atom stereocenters. The van der Waals surface area contributed by atoms with Crippen molar-refractivity contribution in [3.05, 3.63) is 0 Å². The zero-order valence-electron chi connectivity index (χ0n) is 1.75. The minimum absolute atomic E-state index is 0.571. The number of rotatable bonds is 0. The van der Waals surface area contributed by atoms with Gasteiger partial charge in [-0.05, 0) is 0 Å². The standard InChI is InChI=1S/HNO2P/c2-1-4-3/h2H. The summed E-state index contributed by atoms with van der Waals surface area (Å²) in [5, 5.41) is 7.18. The molecule has 0 atom stereocenters. The van der Waals surface area contributed by atoms with E-state index in [0.29, 0.717) is 0 Å². The molecule has 0 spiro atoms. The third-order valence-electron chi connectivity index (χ3n) is 0.0365. The predicted octanol–water partition coefficient (Wildman–Crippen LogP) is 0.851. The molecule has 1 N–H and O–H groups in total. The van der Waals surface area contributed by atoms with Gasteiger partial charge in [-0.3, -0.25) is 0 Å². The summed E-state index contributed by atoms with van der Waals surface area (Å²) in [4.78, 5) is 2.15. The number of hydrogen-bond acceptors (Lipinski definition) is 2. The van der Waals surface area contributed by atoms with Crippen molar-refractivity contribution >= 4 is 8.25 Å². The Balaban J connectivity index is 3.11. The van der Waals surface area contributed by atoms with Crippen LogP contribution in [0.4, 0.5) is 0 Å². The van der Waals surface area contributed by atoms with Gasteiger partial charge in [0.15, 0.2) is 0 Å². The Bertz CT molecular complexity index is 44.0. The molecule has 0 aliphatic heterocycles. The Morgan fingerprint density at radius 2 is 2.25 bits per heavy atom. The van der Waals surface area contributed by atoms with E-state index in [9.17, 15) is 0 Å². The zero-order valence-corrected chi connectivity index (χ0v) is 2.64. The van der Waals surface area contributed by atoms with Crippen molar-refractivity contribution in [1.29, 1.82) is 0 Å². The van der Waals surface area contributed by atoms with Crippen LogP contribution in [0, 0.1) is 0 Å². The van der Waals surface area contributed by atoms with Gasteiger partial charge in [-0.25, -0.2) is 0 Å². The quantitative estimate of drug-likeness (QED) is 0.345. The SMILES string of the molecule is O=[P]=NO. The van der Waals surface area contributed by atoms with E-state index in [1.54, 1.807) is 0 Å². The van der Waals surface area contributed by atoms with Gasteiger partial charge >= 0.3 is 22.9 Å². The van der Waals surface area contributed by atoms with Crippen LogP contribution in [0.25, 0.3) is 0 Å². The Hall–Kier alpha value is -0.0100. The van der Waals surface area contributed by atoms with Gasteiger partial charge in [-0.1, -0.05) is 0 Å². The fourth-order valence-corrected chi connectivity index (χ4v) is 0. The van der Waals surface area contributed by atoms with Crippen molar-refractivity contribution in [3.63, 3.8) is 0 Å². The minimum atomic E-state index is -0.571. The first-order chi connectivity index (χ1) is 1.91. The Morgan fingerprint density at radius 1 is 2.00 bits per heavy atom. The van der Waals surface area contributed by atoms with Gasteiger partial charge in [-0.2, -0.15) is 0 Å². The second kappa shape index (κ2) is 2.99. The molecule has 0 saturated heterocycles. The van der Waals surface area contributed by atoms with E-state index in [2.05, 4.69) is 4.91 Å². The first kappa shape index (κ1) is 3.99. The summed E-state index contributed by atoms with van der Waals surface area (Å²) in [7, 11) is -0.571. The molecular formula is HNO2P. The molecule has 23 valence electrons. The Kier molecular flexibility index (Phi) is 2.98. The predicted molar refractivity (Wildman–Crippen MR) is 11.8 cm³/mol. The van der Waals surface area contributed by atoms with Crippen molar-refractivity contribution < 1.29 is 9.77 Å². The molecule has 0 fully saturated rings. The number of nitrogens with zero attached hydrogens (tertiary/aromatic N) is 1. The zero-order chi connectivity index (χ0) is 3.41. The van der Waals surface area contributed by atoms with Crippen molar-refractivity contribution in [2.45, 2.75) is 0 Å². The van der Waals surface area contributed by atoms with Crippen LogP contribution >= 0.6 is 8.25 Å². The molecule has 0 heterocycles. The summed E-state index contributed by atoms with van der Waals surface area (Å²) >= 11 is 0. The summed E-state index contributed by atoms with van der Waals surface area (Å²) in [6.45, 7) is 0. The Morgan fingerprint density at radius 3 is 2.25 bits per heavy atom. The summed E-state index contributed by atoms with van der Waals surface area (Å²) in [6.07, 6.45) is 0. The molecule has 4 heavy (non-hydrogen) atoms. The summed E-state index contributed by atoms with van der Waals surface area (Å²) in [5.41, 5.74) is 0. The van der Waals surface area contributed by atoms with E-state index in [1.807, 2.05) is 0 Å². The molecule has 0 aliphatic carbocycles. The van der Waals surface area contributed by atoms with Gasteiger partial charge in [0.1, 0.15) is 0 Å². The average molecular weight is 78.0 g/mol. The normalized spacial score (nSPS) is 5.25. The Labute approximate surface area is 24.1 Å². The molecule has 0 saturated carbocycles. The van der Waals surface area contributed by atoms with E-state index < -0.39 is 8.25 Å². The van der Waals surface area contributed by atoms with Crippen LogP contribution in [-0.4, -0.2) is 5.21 Å². The van der Waals surface area contributed by atoms with Crippen molar-refractivity contribution in [2.75, 3.05) is 0 Å². The van der Waals surface area contributed by atoms with Crippen LogP contribution in [0.5, 0.6) is 0 Å². The summed E-state index contributed by atoms with van der Waals surface area (Å²) < 4.78 is 8.85. The molecule has 0 rings (SSSR count). The maximum atomic E-state index is 8.85. The van der Waals surface area contributed by atoms with Gasteiger partial charge in [0.05, 0.1) is 0 Å². The topological polar surface area (TPSA) is 49.7 Å². The molecule has 0 aromatic rings. The van der Waals surface area contributed by atoms with Crippen LogP contribution in [0.2, 0.25) is 0 Å². The van der Waals surface area contributed by atoms with Crippen LogP contribution < -0.4 is 0 Å². The van der Waals surface area contributed by atoms with Crippen LogP contribution in [0.15, 0.2) is 4.91 Å². The fourth-order valence-electron chi connectivity index (χ4n) is 0. The van der Waals surface area contributed by atoms with Crippen LogP contribution in [-0.2, 0) is 4.57 Å². The molecule has 0 amide bonds. The molecular weight excluding hydrogens is 77.0 g/mol. The van der Waals surface area contributed by atoms with Crippen LogP contribution in [0.1, 0.15) is 0 Å². The molecule has 1 radical (unpaired) electrons. The summed E-state index contributed by atoms with van der Waals surface area (Å²) in [6, 6.07) is 0. The maximum absolute atomic E-state index is 8.85. The van der Waals surface area contributed by atoms with E-state index in [0.717, 1.165) is 0 Å². The third kappa shape index (κ3) is 1.99. The van der Waals surface area contributed by atoms with E-state index in [4.69, 9.17) is 9.77 Å².